The lowest BCUT2D eigenvalue weighted by Gasteiger charge is -2.12. The molecule has 0 radical (unpaired) electrons. The van der Waals surface area contributed by atoms with Gasteiger partial charge in [0, 0.05) is 26.4 Å². The van der Waals surface area contributed by atoms with E-state index in [0.29, 0.717) is 18.3 Å². The highest BCUT2D eigenvalue weighted by atomic mass is 35.5. The Morgan fingerprint density at radius 2 is 1.96 bits per heavy atom. The molecular formula is C19H25ClN4O. The van der Waals surface area contributed by atoms with E-state index in [1.165, 1.54) is 5.56 Å². The number of benzene rings is 1. The van der Waals surface area contributed by atoms with E-state index in [1.807, 2.05) is 24.3 Å². The van der Waals surface area contributed by atoms with Crippen LogP contribution in [0.25, 0.3) is 0 Å². The third kappa shape index (κ3) is 6.72. The molecular weight excluding hydrogens is 336 g/mol. The zero-order valence-electron chi connectivity index (χ0n) is 14.8. The number of guanidine groups is 1. The first-order valence-electron chi connectivity index (χ1n) is 8.41. The molecule has 0 bridgehead atoms. The minimum absolute atomic E-state index is 0.515. The highest BCUT2D eigenvalue weighted by molar-refractivity contribution is 6.29. The number of methoxy groups -OCH3 is 1. The Morgan fingerprint density at radius 3 is 2.64 bits per heavy atom. The molecule has 0 spiro atoms. The van der Waals surface area contributed by atoms with Crippen molar-refractivity contribution in [1.29, 1.82) is 0 Å². The highest BCUT2D eigenvalue weighted by Crippen LogP contribution is 2.11. The fourth-order valence-corrected chi connectivity index (χ4v) is 2.51. The van der Waals surface area contributed by atoms with Gasteiger partial charge < -0.3 is 15.4 Å². The van der Waals surface area contributed by atoms with Crippen LogP contribution in [0.5, 0.6) is 0 Å². The Morgan fingerprint density at radius 1 is 1.16 bits per heavy atom. The zero-order valence-corrected chi connectivity index (χ0v) is 15.5. The van der Waals surface area contributed by atoms with Crippen LogP contribution in [-0.4, -0.2) is 31.1 Å². The van der Waals surface area contributed by atoms with Gasteiger partial charge in [0.1, 0.15) is 5.15 Å². The predicted molar refractivity (Wildman–Crippen MR) is 103 cm³/mol. The second kappa shape index (κ2) is 10.7. The molecule has 1 aromatic carbocycles. The van der Waals surface area contributed by atoms with Crippen molar-refractivity contribution in [1.82, 2.24) is 15.6 Å². The van der Waals surface area contributed by atoms with Gasteiger partial charge in [-0.15, -0.1) is 0 Å². The second-order valence-electron chi connectivity index (χ2n) is 5.56. The normalized spacial score (nSPS) is 11.4. The van der Waals surface area contributed by atoms with Crippen LogP contribution < -0.4 is 10.6 Å². The van der Waals surface area contributed by atoms with Gasteiger partial charge in [-0.1, -0.05) is 41.9 Å². The molecule has 5 nitrogen and oxygen atoms in total. The summed E-state index contributed by atoms with van der Waals surface area (Å²) in [5.41, 5.74) is 3.47. The van der Waals surface area contributed by atoms with Crippen molar-refractivity contribution in [3.8, 4) is 0 Å². The van der Waals surface area contributed by atoms with Crippen LogP contribution in [0.4, 0.5) is 0 Å². The molecule has 134 valence electrons. The van der Waals surface area contributed by atoms with Crippen molar-refractivity contribution in [2.24, 2.45) is 4.99 Å². The van der Waals surface area contributed by atoms with Crippen LogP contribution in [0.15, 0.2) is 47.6 Å². The monoisotopic (exact) mass is 360 g/mol. The number of aliphatic imine (C=N–C) groups is 1. The number of nitrogens with zero attached hydrogens (tertiary/aromatic N) is 2. The fraction of sp³-hybridized carbons (Fsp3) is 0.368. The summed E-state index contributed by atoms with van der Waals surface area (Å²) in [6.07, 6.45) is 2.66. The van der Waals surface area contributed by atoms with E-state index in [-0.39, 0.29) is 0 Å². The molecule has 0 saturated heterocycles. The summed E-state index contributed by atoms with van der Waals surface area (Å²) in [6.45, 7) is 4.85. The van der Waals surface area contributed by atoms with Gasteiger partial charge in [0.05, 0.1) is 13.2 Å². The molecule has 6 heteroatoms. The number of rotatable bonds is 8. The molecule has 0 aliphatic heterocycles. The first kappa shape index (κ1) is 19.2. The van der Waals surface area contributed by atoms with Gasteiger partial charge in [0.15, 0.2) is 5.96 Å². The molecule has 0 atom stereocenters. The van der Waals surface area contributed by atoms with Crippen LogP contribution in [0.2, 0.25) is 5.15 Å². The summed E-state index contributed by atoms with van der Waals surface area (Å²) in [7, 11) is 1.71. The maximum absolute atomic E-state index is 5.81. The van der Waals surface area contributed by atoms with Gasteiger partial charge >= 0.3 is 0 Å². The first-order valence-corrected chi connectivity index (χ1v) is 8.79. The molecule has 0 amide bonds. The average molecular weight is 361 g/mol. The van der Waals surface area contributed by atoms with Gasteiger partial charge in [0.25, 0.3) is 0 Å². The predicted octanol–water partition coefficient (Wildman–Crippen LogP) is 3.18. The second-order valence-corrected chi connectivity index (χ2v) is 5.95. The minimum Gasteiger partial charge on any atom is -0.380 e. The molecule has 2 aromatic rings. The number of pyridine rings is 1. The van der Waals surface area contributed by atoms with Gasteiger partial charge in [-0.05, 0) is 36.1 Å². The summed E-state index contributed by atoms with van der Waals surface area (Å²) >= 11 is 5.81. The third-order valence-electron chi connectivity index (χ3n) is 3.66. The quantitative estimate of drug-likeness (QED) is 0.431. The topological polar surface area (TPSA) is 58.5 Å². The van der Waals surface area contributed by atoms with E-state index in [0.717, 1.165) is 36.6 Å². The van der Waals surface area contributed by atoms with E-state index < -0.39 is 0 Å². The van der Waals surface area contributed by atoms with E-state index >= 15 is 0 Å². The summed E-state index contributed by atoms with van der Waals surface area (Å²) in [5.74, 6) is 0.802. The molecule has 1 aromatic heterocycles. The number of halogens is 1. The Hall–Kier alpha value is -2.11. The average Bonchev–Trinajstić information content (AvgIpc) is 2.62. The molecule has 2 rings (SSSR count). The van der Waals surface area contributed by atoms with Gasteiger partial charge in [-0.2, -0.15) is 0 Å². The summed E-state index contributed by atoms with van der Waals surface area (Å²) < 4.78 is 5.25. The van der Waals surface area contributed by atoms with Crippen molar-refractivity contribution in [2.75, 3.05) is 20.2 Å². The van der Waals surface area contributed by atoms with E-state index in [9.17, 15) is 0 Å². The minimum atomic E-state index is 0.515. The first-order chi connectivity index (χ1) is 12.2. The smallest absolute Gasteiger partial charge is 0.191 e. The number of nitrogens with one attached hydrogen (secondary N) is 2. The molecule has 25 heavy (non-hydrogen) atoms. The molecule has 0 unspecified atom stereocenters. The van der Waals surface area contributed by atoms with Crippen LogP contribution >= 0.6 is 11.6 Å². The largest absolute Gasteiger partial charge is 0.380 e. The van der Waals surface area contributed by atoms with Crippen molar-refractivity contribution in [3.63, 3.8) is 0 Å². The maximum atomic E-state index is 5.81. The van der Waals surface area contributed by atoms with E-state index in [1.54, 1.807) is 13.3 Å². The lowest BCUT2D eigenvalue weighted by molar-refractivity contribution is 0.184. The number of aromatic nitrogens is 1. The van der Waals surface area contributed by atoms with Gasteiger partial charge in [-0.25, -0.2) is 9.98 Å². The number of ether oxygens (including phenoxy) is 1. The standard InChI is InChI=1S/C19H25ClN4O/c1-3-21-19(22-11-10-15-8-9-18(20)23-12-15)24-13-16-6-4-5-7-17(16)14-25-2/h4-9,12H,3,10-11,13-14H2,1-2H3,(H2,21,22,24). The van der Waals surface area contributed by atoms with Crippen molar-refractivity contribution >= 4 is 17.6 Å². The summed E-state index contributed by atoms with van der Waals surface area (Å²) in [4.78, 5) is 8.77. The van der Waals surface area contributed by atoms with Crippen LogP contribution in [-0.2, 0) is 24.3 Å². The Labute approximate surface area is 154 Å². The molecule has 1 heterocycles. The van der Waals surface area contributed by atoms with Crippen molar-refractivity contribution in [2.45, 2.75) is 26.5 Å². The Balaban J connectivity index is 1.92. The van der Waals surface area contributed by atoms with E-state index in [2.05, 4.69) is 39.7 Å². The van der Waals surface area contributed by atoms with Crippen LogP contribution in [0, 0.1) is 0 Å². The molecule has 0 aliphatic carbocycles. The molecule has 0 aliphatic rings. The molecule has 0 saturated carbocycles. The van der Waals surface area contributed by atoms with E-state index in [4.69, 9.17) is 16.3 Å². The Kier molecular flexibility index (Phi) is 8.22. The lowest BCUT2D eigenvalue weighted by Crippen LogP contribution is -2.38. The van der Waals surface area contributed by atoms with Gasteiger partial charge in [0.2, 0.25) is 0 Å². The molecule has 2 N–H and O–H groups in total. The number of hydrogen-bond donors (Lipinski definition) is 2. The highest BCUT2D eigenvalue weighted by Gasteiger charge is 2.02. The maximum Gasteiger partial charge on any atom is 0.191 e. The Bertz CT molecular complexity index is 673. The fourth-order valence-electron chi connectivity index (χ4n) is 2.39. The lowest BCUT2D eigenvalue weighted by atomic mass is 10.1. The summed E-state index contributed by atoms with van der Waals surface area (Å²) in [5, 5.41) is 7.14. The SMILES string of the molecule is CCNC(=NCc1ccccc1COC)NCCc1ccc(Cl)nc1. The van der Waals surface area contributed by atoms with Crippen LogP contribution in [0.3, 0.4) is 0 Å². The third-order valence-corrected chi connectivity index (χ3v) is 3.89. The summed E-state index contributed by atoms with van der Waals surface area (Å²) in [6, 6.07) is 12.0. The number of hydrogen-bond acceptors (Lipinski definition) is 3. The van der Waals surface area contributed by atoms with Crippen molar-refractivity contribution < 1.29 is 4.74 Å². The van der Waals surface area contributed by atoms with Crippen molar-refractivity contribution in [3.05, 3.63) is 64.4 Å². The molecule has 0 fully saturated rings. The van der Waals surface area contributed by atoms with Gasteiger partial charge in [-0.3, -0.25) is 0 Å². The zero-order chi connectivity index (χ0) is 17.9. The van der Waals surface area contributed by atoms with Crippen LogP contribution in [0.1, 0.15) is 23.6 Å².